The third-order valence-electron chi connectivity index (χ3n) is 0.214. The summed E-state index contributed by atoms with van der Waals surface area (Å²) in [5.41, 5.74) is 0. The van der Waals surface area contributed by atoms with Crippen LogP contribution in [0.2, 0.25) is 0 Å². The van der Waals surface area contributed by atoms with Gasteiger partial charge in [0, 0.05) is 1.37 Å². The molecular formula is C5H6. The molecule has 0 unspecified atom stereocenters. The molecule has 0 aliphatic carbocycles. The minimum absolute atomic E-state index is 0.282. The van der Waals surface area contributed by atoms with Crippen molar-refractivity contribution in [3.05, 3.63) is 12.2 Å². The predicted molar refractivity (Wildman–Crippen MR) is 23.6 cm³/mol. The molecule has 0 heteroatoms. The molecule has 0 spiro atoms. The van der Waals surface area contributed by atoms with E-state index in [1.807, 2.05) is 0 Å². The Morgan fingerprint density at radius 3 is 3.20 bits per heavy atom. The molecule has 26 valence electrons. The molecule has 0 bridgehead atoms. The zero-order chi connectivity index (χ0) is 4.83. The van der Waals surface area contributed by atoms with Crippen molar-refractivity contribution < 1.29 is 1.37 Å². The van der Waals surface area contributed by atoms with Gasteiger partial charge in [-0.1, -0.05) is 12.0 Å². The van der Waals surface area contributed by atoms with E-state index < -0.39 is 0 Å². The van der Waals surface area contributed by atoms with Gasteiger partial charge in [-0.3, -0.25) is 0 Å². The molecule has 0 N–H and O–H groups in total. The van der Waals surface area contributed by atoms with E-state index in [2.05, 4.69) is 5.92 Å². The molecule has 0 heterocycles. The SMILES string of the molecule is [2H]C/C=C\C#C. The van der Waals surface area contributed by atoms with Gasteiger partial charge in [-0.2, -0.15) is 0 Å². The molecule has 0 aromatic carbocycles. The lowest BCUT2D eigenvalue weighted by atomic mass is 10.6. The van der Waals surface area contributed by atoms with Crippen LogP contribution in [0.1, 0.15) is 8.27 Å². The molecule has 0 aliphatic rings. The summed E-state index contributed by atoms with van der Waals surface area (Å²) in [6, 6.07) is 0. The van der Waals surface area contributed by atoms with Crippen molar-refractivity contribution in [1.82, 2.24) is 0 Å². The fourth-order valence-corrected chi connectivity index (χ4v) is 0.0680. The minimum Gasteiger partial charge on any atom is -0.115 e. The maximum Gasteiger partial charge on any atom is 0.0274 e. The highest BCUT2D eigenvalue weighted by Crippen LogP contribution is 1.58. The Bertz CT molecular complexity index is 76.4. The van der Waals surface area contributed by atoms with Crippen molar-refractivity contribution in [1.29, 1.82) is 0 Å². The third-order valence-corrected chi connectivity index (χ3v) is 0.214. The van der Waals surface area contributed by atoms with E-state index in [0.717, 1.165) is 0 Å². The maximum absolute atomic E-state index is 6.52. The average Bonchev–Trinajstić information content (AvgIpc) is 1.61. The normalized spacial score (nSPS) is 10.6. The lowest BCUT2D eigenvalue weighted by molar-refractivity contribution is 1.76. The van der Waals surface area contributed by atoms with Crippen LogP contribution >= 0.6 is 0 Å². The Morgan fingerprint density at radius 1 is 2.20 bits per heavy atom. The van der Waals surface area contributed by atoms with Gasteiger partial charge < -0.3 is 0 Å². The number of hydrogen-bond donors (Lipinski definition) is 0. The van der Waals surface area contributed by atoms with E-state index in [1.54, 1.807) is 6.08 Å². The highest BCUT2D eigenvalue weighted by atomic mass is 13.5. The molecule has 0 fully saturated rings. The van der Waals surface area contributed by atoms with Gasteiger partial charge >= 0.3 is 0 Å². The molecule has 0 nitrogen and oxygen atoms in total. The van der Waals surface area contributed by atoms with Crippen LogP contribution in [0.4, 0.5) is 0 Å². The van der Waals surface area contributed by atoms with E-state index in [0.29, 0.717) is 0 Å². The van der Waals surface area contributed by atoms with Crippen molar-refractivity contribution >= 4 is 0 Å². The van der Waals surface area contributed by atoms with Gasteiger partial charge in [0.05, 0.1) is 0 Å². The minimum atomic E-state index is 0.282. The molecule has 0 aromatic rings. The van der Waals surface area contributed by atoms with Crippen LogP contribution in [0, 0.1) is 12.3 Å². The number of allylic oxidation sites excluding steroid dienone is 2. The van der Waals surface area contributed by atoms with Gasteiger partial charge in [-0.05, 0) is 13.0 Å². The molecule has 0 rings (SSSR count). The van der Waals surface area contributed by atoms with E-state index in [-0.39, 0.29) is 6.90 Å². The first kappa shape index (κ1) is 2.53. The summed E-state index contributed by atoms with van der Waals surface area (Å²) in [4.78, 5) is 0. The van der Waals surface area contributed by atoms with Crippen molar-refractivity contribution in [2.75, 3.05) is 0 Å². The highest BCUT2D eigenvalue weighted by molar-refractivity contribution is 5.07. The summed E-state index contributed by atoms with van der Waals surface area (Å²) in [6.07, 6.45) is 7.93. The van der Waals surface area contributed by atoms with Crippen LogP contribution < -0.4 is 0 Å². The van der Waals surface area contributed by atoms with Gasteiger partial charge in [0.1, 0.15) is 0 Å². The largest absolute Gasteiger partial charge is 0.115 e. The topological polar surface area (TPSA) is 0 Å². The van der Waals surface area contributed by atoms with Crippen LogP contribution in [0.15, 0.2) is 12.2 Å². The lowest BCUT2D eigenvalue weighted by Crippen LogP contribution is -1.35. The zero-order valence-corrected chi connectivity index (χ0v) is 2.94. The average molecular weight is 67.1 g/mol. The maximum atomic E-state index is 6.52. The van der Waals surface area contributed by atoms with E-state index in [1.165, 1.54) is 6.08 Å². The summed E-state index contributed by atoms with van der Waals surface area (Å²) in [5.74, 6) is 2.27. The first-order valence-electron chi connectivity index (χ1n) is 2.03. The van der Waals surface area contributed by atoms with Crippen molar-refractivity contribution in [3.63, 3.8) is 0 Å². The molecule has 0 aromatic heterocycles. The molecule has 0 radical (unpaired) electrons. The van der Waals surface area contributed by atoms with Crippen LogP contribution in [0.25, 0.3) is 0 Å². The Morgan fingerprint density at radius 2 is 3.00 bits per heavy atom. The summed E-state index contributed by atoms with van der Waals surface area (Å²) in [5, 5.41) is 0. The smallest absolute Gasteiger partial charge is 0.0274 e. The first-order chi connectivity index (χ1) is 2.91. The lowest BCUT2D eigenvalue weighted by Gasteiger charge is -1.51. The Labute approximate surface area is 33.9 Å². The van der Waals surface area contributed by atoms with Crippen LogP contribution in [-0.2, 0) is 0 Å². The van der Waals surface area contributed by atoms with Gasteiger partial charge in [0.2, 0.25) is 0 Å². The summed E-state index contributed by atoms with van der Waals surface area (Å²) in [7, 11) is 0. The van der Waals surface area contributed by atoms with E-state index >= 15 is 0 Å². The Balaban J connectivity index is 3.02. The Hall–Kier alpha value is -0.700. The molecule has 0 amide bonds. The standard InChI is InChI=1S/C5H6/c1-3-5-4-2/h1,4-5H,2H3/b5-4-/i2D. The fourth-order valence-electron chi connectivity index (χ4n) is 0.0680. The van der Waals surface area contributed by atoms with Crippen LogP contribution in [-0.4, -0.2) is 0 Å². The van der Waals surface area contributed by atoms with E-state index in [9.17, 15) is 0 Å². The summed E-state index contributed by atoms with van der Waals surface area (Å²) < 4.78 is 6.52. The number of terminal acetylenes is 1. The second kappa shape index (κ2) is 3.30. The second-order valence-corrected chi connectivity index (χ2v) is 0.569. The second-order valence-electron chi connectivity index (χ2n) is 0.569. The summed E-state index contributed by atoms with van der Waals surface area (Å²) >= 11 is 0. The first-order valence-corrected chi connectivity index (χ1v) is 1.32. The molecule has 0 saturated carbocycles. The Kier molecular flexibility index (Phi) is 1.67. The molecule has 0 atom stereocenters. The zero-order valence-electron chi connectivity index (χ0n) is 3.94. The molecule has 0 saturated heterocycles. The third kappa shape index (κ3) is 3.30. The molecular weight excluding hydrogens is 60.1 g/mol. The fraction of sp³-hybridized carbons (Fsp3) is 0.200. The number of hydrogen-bond acceptors (Lipinski definition) is 0. The number of rotatable bonds is 0. The monoisotopic (exact) mass is 67.1 g/mol. The summed E-state index contributed by atoms with van der Waals surface area (Å²) in [6.45, 7) is 0.282. The van der Waals surface area contributed by atoms with Crippen molar-refractivity contribution in [3.8, 4) is 12.3 Å². The van der Waals surface area contributed by atoms with E-state index in [4.69, 9.17) is 7.79 Å². The van der Waals surface area contributed by atoms with Crippen molar-refractivity contribution in [2.24, 2.45) is 0 Å². The van der Waals surface area contributed by atoms with Gasteiger partial charge in [-0.25, -0.2) is 0 Å². The quantitative estimate of drug-likeness (QED) is 0.373. The van der Waals surface area contributed by atoms with Crippen LogP contribution in [0.3, 0.4) is 0 Å². The van der Waals surface area contributed by atoms with Crippen molar-refractivity contribution in [2.45, 2.75) is 6.90 Å². The highest BCUT2D eigenvalue weighted by Gasteiger charge is 1.41. The predicted octanol–water partition coefficient (Wildman–Crippen LogP) is 1.20. The molecule has 0 aliphatic heterocycles. The van der Waals surface area contributed by atoms with Crippen LogP contribution in [0.5, 0.6) is 0 Å². The van der Waals surface area contributed by atoms with Gasteiger partial charge in [0.25, 0.3) is 0 Å². The van der Waals surface area contributed by atoms with Gasteiger partial charge in [0.15, 0.2) is 0 Å². The molecule has 5 heavy (non-hydrogen) atoms. The van der Waals surface area contributed by atoms with Gasteiger partial charge in [-0.15, -0.1) is 6.42 Å².